The molecule has 0 aliphatic carbocycles. The van der Waals surface area contributed by atoms with Crippen LogP contribution < -0.4 is 15.4 Å². The van der Waals surface area contributed by atoms with E-state index in [1.54, 1.807) is 12.1 Å². The van der Waals surface area contributed by atoms with Gasteiger partial charge in [-0.2, -0.15) is 0 Å². The van der Waals surface area contributed by atoms with Crippen LogP contribution in [0.15, 0.2) is 54.9 Å². The van der Waals surface area contributed by atoms with Crippen molar-refractivity contribution in [1.82, 2.24) is 14.9 Å². The summed E-state index contributed by atoms with van der Waals surface area (Å²) in [5.74, 6) is 0.421. The molecule has 0 bridgehead atoms. The van der Waals surface area contributed by atoms with Crippen LogP contribution in [0.1, 0.15) is 38.3 Å². The van der Waals surface area contributed by atoms with Crippen molar-refractivity contribution < 1.29 is 14.6 Å². The third-order valence-corrected chi connectivity index (χ3v) is 5.26. The molecule has 7 heteroatoms. The molecule has 1 heterocycles. The van der Waals surface area contributed by atoms with Gasteiger partial charge in [-0.05, 0) is 31.9 Å². The number of carbonyl (C=O) groups is 1. The number of anilines is 1. The van der Waals surface area contributed by atoms with E-state index >= 15 is 0 Å². The van der Waals surface area contributed by atoms with Gasteiger partial charge in [0.1, 0.15) is 17.2 Å². The Morgan fingerprint density at radius 3 is 2.69 bits per heavy atom. The van der Waals surface area contributed by atoms with E-state index in [1.807, 2.05) is 24.5 Å². The average molecular weight is 437 g/mol. The van der Waals surface area contributed by atoms with Crippen molar-refractivity contribution in [3.63, 3.8) is 0 Å². The first-order chi connectivity index (χ1) is 15.6. The number of carbonyl (C=O) groups excluding carboxylic acids is 1. The first-order valence-electron chi connectivity index (χ1n) is 11.2. The minimum atomic E-state index is -0.352. The number of rotatable bonds is 11. The number of phenols is 1. The monoisotopic (exact) mass is 436 g/mol. The lowest BCUT2D eigenvalue weighted by atomic mass is 10.1. The lowest BCUT2D eigenvalue weighted by Gasteiger charge is -2.15. The van der Waals surface area contributed by atoms with Crippen LogP contribution in [-0.2, 0) is 6.54 Å². The third-order valence-electron chi connectivity index (χ3n) is 5.26. The first kappa shape index (κ1) is 23.2. The molecule has 0 unspecified atom stereocenters. The highest BCUT2D eigenvalue weighted by Gasteiger charge is 2.13. The van der Waals surface area contributed by atoms with Crippen molar-refractivity contribution in [3.8, 4) is 22.8 Å². The molecule has 7 nitrogen and oxygen atoms in total. The van der Waals surface area contributed by atoms with Gasteiger partial charge in [-0.1, -0.05) is 56.2 Å². The van der Waals surface area contributed by atoms with E-state index in [2.05, 4.69) is 46.2 Å². The number of aryl methyl sites for hydroxylation is 1. The number of phenolic OH excluding ortho intramolecular Hbond substituents is 1. The molecule has 0 spiro atoms. The minimum Gasteiger partial charge on any atom is -0.506 e. The van der Waals surface area contributed by atoms with Crippen LogP contribution in [0.4, 0.5) is 10.5 Å². The fourth-order valence-electron chi connectivity index (χ4n) is 3.47. The molecular weight excluding hydrogens is 404 g/mol. The molecule has 0 aliphatic rings. The molecule has 0 saturated carbocycles. The highest BCUT2D eigenvalue weighted by atomic mass is 16.5. The maximum atomic E-state index is 12.2. The summed E-state index contributed by atoms with van der Waals surface area (Å²) in [7, 11) is 0. The van der Waals surface area contributed by atoms with Gasteiger partial charge in [0.15, 0.2) is 0 Å². The molecule has 0 aliphatic heterocycles. The second-order valence-electron chi connectivity index (χ2n) is 7.68. The van der Waals surface area contributed by atoms with Gasteiger partial charge in [0, 0.05) is 24.3 Å². The lowest BCUT2D eigenvalue weighted by molar-refractivity contribution is 0.251. The van der Waals surface area contributed by atoms with Gasteiger partial charge in [-0.25, -0.2) is 9.78 Å². The standard InChI is InChI=1S/C25H32N4O3/c1-3-4-8-15-26-25(31)28-24-21(30)13-9-14-22(24)32-17-10-16-29-18-27-23(19(29)2)20-11-6-5-7-12-20/h5-7,9,11-14,18,30H,3-4,8,10,15-17H2,1-2H3,(H2,26,28,31). The fourth-order valence-corrected chi connectivity index (χ4v) is 3.47. The summed E-state index contributed by atoms with van der Waals surface area (Å²) in [5, 5.41) is 15.7. The molecular formula is C25H32N4O3. The van der Waals surface area contributed by atoms with E-state index in [9.17, 15) is 9.90 Å². The first-order valence-corrected chi connectivity index (χ1v) is 11.2. The number of nitrogens with zero attached hydrogens (tertiary/aromatic N) is 2. The number of amides is 2. The topological polar surface area (TPSA) is 88.4 Å². The van der Waals surface area contributed by atoms with Crippen molar-refractivity contribution in [3.05, 3.63) is 60.6 Å². The average Bonchev–Trinajstić information content (AvgIpc) is 3.17. The quantitative estimate of drug-likeness (QED) is 0.279. The van der Waals surface area contributed by atoms with Crippen molar-refractivity contribution in [1.29, 1.82) is 0 Å². The molecule has 170 valence electrons. The van der Waals surface area contributed by atoms with Crippen molar-refractivity contribution in [2.45, 2.75) is 46.1 Å². The summed E-state index contributed by atoms with van der Waals surface area (Å²) >= 11 is 0. The van der Waals surface area contributed by atoms with E-state index in [0.29, 0.717) is 18.9 Å². The van der Waals surface area contributed by atoms with Crippen LogP contribution in [0, 0.1) is 6.92 Å². The highest BCUT2D eigenvalue weighted by Crippen LogP contribution is 2.33. The van der Waals surface area contributed by atoms with Crippen LogP contribution >= 0.6 is 0 Å². The Hall–Kier alpha value is -3.48. The Labute approximate surface area is 189 Å². The second-order valence-corrected chi connectivity index (χ2v) is 7.68. The van der Waals surface area contributed by atoms with Crippen molar-refractivity contribution in [2.24, 2.45) is 0 Å². The Balaban J connectivity index is 1.53. The molecule has 1 aromatic heterocycles. The Morgan fingerprint density at radius 1 is 1.09 bits per heavy atom. The Morgan fingerprint density at radius 2 is 1.91 bits per heavy atom. The highest BCUT2D eigenvalue weighted by molar-refractivity contribution is 5.92. The van der Waals surface area contributed by atoms with Crippen LogP contribution in [0.2, 0.25) is 0 Å². The molecule has 3 N–H and O–H groups in total. The zero-order valence-corrected chi connectivity index (χ0v) is 18.8. The van der Waals surface area contributed by atoms with Gasteiger partial charge in [0.2, 0.25) is 0 Å². The van der Waals surface area contributed by atoms with Gasteiger partial charge < -0.3 is 25.0 Å². The number of aromatic nitrogens is 2. The van der Waals surface area contributed by atoms with Crippen LogP contribution in [0.25, 0.3) is 11.3 Å². The predicted molar refractivity (Wildman–Crippen MR) is 127 cm³/mol. The van der Waals surface area contributed by atoms with Gasteiger partial charge in [0.05, 0.1) is 18.6 Å². The van der Waals surface area contributed by atoms with E-state index < -0.39 is 0 Å². The molecule has 0 radical (unpaired) electrons. The Bertz CT molecular complexity index is 1000. The van der Waals surface area contributed by atoms with E-state index in [-0.39, 0.29) is 17.5 Å². The summed E-state index contributed by atoms with van der Waals surface area (Å²) in [5.41, 5.74) is 3.47. The van der Waals surface area contributed by atoms with Crippen molar-refractivity contribution >= 4 is 11.7 Å². The van der Waals surface area contributed by atoms with Gasteiger partial charge >= 0.3 is 6.03 Å². The molecule has 3 rings (SSSR count). The van der Waals surface area contributed by atoms with Crippen LogP contribution in [0.5, 0.6) is 11.5 Å². The fraction of sp³-hybridized carbons (Fsp3) is 0.360. The number of aromatic hydroxyl groups is 1. The molecule has 0 fully saturated rings. The van der Waals surface area contributed by atoms with Gasteiger partial charge in [-0.3, -0.25) is 0 Å². The predicted octanol–water partition coefficient (Wildman–Crippen LogP) is 5.34. The summed E-state index contributed by atoms with van der Waals surface area (Å²) in [6.45, 7) is 5.97. The summed E-state index contributed by atoms with van der Waals surface area (Å²) in [6, 6.07) is 14.7. The molecule has 2 amide bonds. The van der Waals surface area contributed by atoms with Gasteiger partial charge in [-0.15, -0.1) is 0 Å². The number of unbranched alkanes of at least 4 members (excludes halogenated alkanes) is 2. The zero-order valence-electron chi connectivity index (χ0n) is 18.8. The molecule has 0 saturated heterocycles. The van der Waals surface area contributed by atoms with Crippen LogP contribution in [-0.4, -0.2) is 33.8 Å². The van der Waals surface area contributed by atoms with E-state index in [1.165, 1.54) is 6.07 Å². The second kappa shape index (κ2) is 11.8. The van der Waals surface area contributed by atoms with Gasteiger partial charge in [0.25, 0.3) is 0 Å². The normalized spacial score (nSPS) is 10.7. The molecule has 0 atom stereocenters. The minimum absolute atomic E-state index is 0.0239. The molecule has 32 heavy (non-hydrogen) atoms. The van der Waals surface area contributed by atoms with Crippen molar-refractivity contribution in [2.75, 3.05) is 18.5 Å². The number of ether oxygens (including phenoxy) is 1. The molecule has 3 aromatic rings. The number of imidazole rings is 1. The number of para-hydroxylation sites is 1. The number of hydrogen-bond donors (Lipinski definition) is 3. The Kier molecular flexibility index (Phi) is 8.54. The smallest absolute Gasteiger partial charge is 0.319 e. The molecule has 2 aromatic carbocycles. The lowest BCUT2D eigenvalue weighted by Crippen LogP contribution is -2.29. The maximum absolute atomic E-state index is 12.2. The summed E-state index contributed by atoms with van der Waals surface area (Å²) in [6.07, 6.45) is 5.68. The van der Waals surface area contributed by atoms with E-state index in [0.717, 1.165) is 49.2 Å². The maximum Gasteiger partial charge on any atom is 0.319 e. The number of hydrogen-bond acceptors (Lipinski definition) is 4. The SMILES string of the molecule is CCCCCNC(=O)Nc1c(O)cccc1OCCCn1cnc(-c2ccccc2)c1C. The van der Waals surface area contributed by atoms with Crippen LogP contribution in [0.3, 0.4) is 0 Å². The number of urea groups is 1. The largest absolute Gasteiger partial charge is 0.506 e. The zero-order chi connectivity index (χ0) is 22.8. The summed E-state index contributed by atoms with van der Waals surface area (Å²) in [4.78, 5) is 16.7. The summed E-state index contributed by atoms with van der Waals surface area (Å²) < 4.78 is 7.99. The third kappa shape index (κ3) is 6.26. The number of nitrogens with one attached hydrogen (secondary N) is 2. The van der Waals surface area contributed by atoms with E-state index in [4.69, 9.17) is 4.74 Å². The number of benzene rings is 2.